The molecule has 0 bridgehead atoms. The van der Waals surface area contributed by atoms with Crippen molar-refractivity contribution in [3.8, 4) is 0 Å². The van der Waals surface area contributed by atoms with Crippen LogP contribution in [-0.4, -0.2) is 29.1 Å². The van der Waals surface area contributed by atoms with E-state index in [1.54, 1.807) is 6.07 Å². The number of rotatable bonds is 5. The molecule has 0 aromatic carbocycles. The van der Waals surface area contributed by atoms with E-state index < -0.39 is 31.1 Å². The van der Waals surface area contributed by atoms with Crippen molar-refractivity contribution < 1.29 is 27.5 Å². The number of ketones is 1. The van der Waals surface area contributed by atoms with Crippen LogP contribution in [0.3, 0.4) is 0 Å². The summed E-state index contributed by atoms with van der Waals surface area (Å²) in [6.07, 6.45) is -1.38. The van der Waals surface area contributed by atoms with Crippen molar-refractivity contribution in [2.24, 2.45) is 0 Å². The van der Waals surface area contributed by atoms with Crippen LogP contribution in [0.25, 0.3) is 0 Å². The fraction of sp³-hybridized carbons (Fsp3) is 0.444. The molecule has 8 heteroatoms. The summed E-state index contributed by atoms with van der Waals surface area (Å²) in [6.45, 7) is 1.32. The predicted octanol–water partition coefficient (Wildman–Crippen LogP) is 4.26. The van der Waals surface area contributed by atoms with Crippen molar-refractivity contribution in [3.05, 3.63) is 44.4 Å². The normalized spacial score (nSPS) is 13.7. The number of aromatic nitrogens is 1. The Labute approximate surface area is 152 Å². The molecular formula is C18H18F3NO3S. The standard InChI is InChI=1S/C18H18F3NO3S/c1-10-6-13(11(2)22(10)9-18(19,20)21)14(23)8-25-17(24)16-7-12-4-3-5-15(12)26-16/h6-7H,3-5,8-9H2,1-2H3. The fourth-order valence-electron chi connectivity index (χ4n) is 3.22. The van der Waals surface area contributed by atoms with E-state index >= 15 is 0 Å². The highest BCUT2D eigenvalue weighted by Gasteiger charge is 2.30. The molecule has 2 heterocycles. The predicted molar refractivity (Wildman–Crippen MR) is 90.9 cm³/mol. The van der Waals surface area contributed by atoms with Crippen molar-refractivity contribution >= 4 is 23.1 Å². The first kappa shape index (κ1) is 18.7. The molecule has 2 aromatic heterocycles. The maximum atomic E-state index is 12.6. The number of halogens is 3. The molecule has 0 saturated heterocycles. The van der Waals surface area contributed by atoms with Gasteiger partial charge in [0.2, 0.25) is 5.78 Å². The van der Waals surface area contributed by atoms with E-state index in [1.807, 2.05) is 0 Å². The number of esters is 1. The SMILES string of the molecule is Cc1cc(C(=O)COC(=O)c2cc3c(s2)CCC3)c(C)n1CC(F)(F)F. The monoisotopic (exact) mass is 385 g/mol. The molecule has 0 N–H and O–H groups in total. The fourth-order valence-corrected chi connectivity index (χ4v) is 4.36. The molecule has 2 aromatic rings. The highest BCUT2D eigenvalue weighted by Crippen LogP contribution is 2.31. The highest BCUT2D eigenvalue weighted by molar-refractivity contribution is 7.14. The van der Waals surface area contributed by atoms with E-state index in [4.69, 9.17) is 4.74 Å². The van der Waals surface area contributed by atoms with Crippen LogP contribution in [0.1, 0.15) is 48.3 Å². The number of hydrogen-bond acceptors (Lipinski definition) is 4. The van der Waals surface area contributed by atoms with Gasteiger partial charge in [-0.05, 0) is 50.8 Å². The van der Waals surface area contributed by atoms with Gasteiger partial charge in [-0.15, -0.1) is 11.3 Å². The lowest BCUT2D eigenvalue weighted by molar-refractivity contribution is -0.141. The van der Waals surface area contributed by atoms with E-state index in [1.165, 1.54) is 36.1 Å². The Balaban J connectivity index is 1.66. The minimum Gasteiger partial charge on any atom is -0.453 e. The van der Waals surface area contributed by atoms with Gasteiger partial charge >= 0.3 is 12.1 Å². The Bertz CT molecular complexity index is 842. The van der Waals surface area contributed by atoms with Crippen LogP contribution in [0.4, 0.5) is 13.2 Å². The van der Waals surface area contributed by atoms with Gasteiger partial charge in [0, 0.05) is 21.8 Å². The Hall–Kier alpha value is -2.09. The molecule has 0 saturated carbocycles. The van der Waals surface area contributed by atoms with Crippen LogP contribution in [0.5, 0.6) is 0 Å². The summed E-state index contributed by atoms with van der Waals surface area (Å²) in [5, 5.41) is 0. The van der Waals surface area contributed by atoms with Crippen molar-refractivity contribution in [1.82, 2.24) is 4.57 Å². The van der Waals surface area contributed by atoms with Crippen LogP contribution >= 0.6 is 11.3 Å². The van der Waals surface area contributed by atoms with Gasteiger partial charge < -0.3 is 9.30 Å². The van der Waals surface area contributed by atoms with Gasteiger partial charge in [-0.25, -0.2) is 4.79 Å². The van der Waals surface area contributed by atoms with Gasteiger partial charge in [0.1, 0.15) is 11.4 Å². The smallest absolute Gasteiger partial charge is 0.406 e. The molecule has 0 fully saturated rings. The zero-order valence-corrected chi connectivity index (χ0v) is 15.2. The summed E-state index contributed by atoms with van der Waals surface area (Å²) < 4.78 is 44.1. The minimum atomic E-state index is -4.37. The summed E-state index contributed by atoms with van der Waals surface area (Å²) in [5.41, 5.74) is 1.86. The summed E-state index contributed by atoms with van der Waals surface area (Å²) in [4.78, 5) is 26.1. The highest BCUT2D eigenvalue weighted by atomic mass is 32.1. The van der Waals surface area contributed by atoms with E-state index in [2.05, 4.69) is 0 Å². The first-order chi connectivity index (χ1) is 12.2. The zero-order chi connectivity index (χ0) is 19.1. The van der Waals surface area contributed by atoms with Crippen LogP contribution in [0, 0.1) is 13.8 Å². The zero-order valence-electron chi connectivity index (χ0n) is 14.4. The van der Waals surface area contributed by atoms with Gasteiger partial charge in [-0.1, -0.05) is 0 Å². The van der Waals surface area contributed by atoms with Crippen LogP contribution in [-0.2, 0) is 24.1 Å². The van der Waals surface area contributed by atoms with E-state index in [9.17, 15) is 22.8 Å². The molecule has 0 aliphatic heterocycles. The number of thiophene rings is 1. The Morgan fingerprint density at radius 3 is 2.62 bits per heavy atom. The first-order valence-corrected chi connectivity index (χ1v) is 9.03. The molecule has 3 rings (SSSR count). The summed E-state index contributed by atoms with van der Waals surface area (Å²) in [7, 11) is 0. The molecule has 4 nitrogen and oxygen atoms in total. The van der Waals surface area contributed by atoms with E-state index in [0.717, 1.165) is 29.4 Å². The Kier molecular flexibility index (Phi) is 4.96. The van der Waals surface area contributed by atoms with Crippen LogP contribution < -0.4 is 0 Å². The second-order valence-electron chi connectivity index (χ2n) is 6.40. The van der Waals surface area contributed by atoms with Crippen molar-refractivity contribution in [3.63, 3.8) is 0 Å². The molecule has 0 amide bonds. The maximum absolute atomic E-state index is 12.6. The minimum absolute atomic E-state index is 0.147. The van der Waals surface area contributed by atoms with Gasteiger partial charge in [-0.2, -0.15) is 13.2 Å². The molecule has 1 aliphatic rings. The van der Waals surface area contributed by atoms with Crippen molar-refractivity contribution in [2.45, 2.75) is 45.8 Å². The van der Waals surface area contributed by atoms with E-state index in [-0.39, 0.29) is 11.3 Å². The number of carbonyl (C=O) groups is 2. The number of hydrogen-bond donors (Lipinski definition) is 0. The average Bonchev–Trinajstić information content (AvgIpc) is 3.20. The summed E-state index contributed by atoms with van der Waals surface area (Å²) in [6, 6.07) is 3.20. The van der Waals surface area contributed by atoms with Gasteiger partial charge in [0.05, 0.1) is 0 Å². The van der Waals surface area contributed by atoms with Crippen molar-refractivity contribution in [1.29, 1.82) is 0 Å². The van der Waals surface area contributed by atoms with Gasteiger partial charge in [0.25, 0.3) is 0 Å². The second kappa shape index (κ2) is 6.90. The quantitative estimate of drug-likeness (QED) is 0.571. The third-order valence-corrected chi connectivity index (χ3v) is 5.71. The molecule has 0 unspecified atom stereocenters. The number of carbonyl (C=O) groups excluding carboxylic acids is 2. The summed E-state index contributed by atoms with van der Waals surface area (Å²) in [5.74, 6) is -1.08. The van der Waals surface area contributed by atoms with Crippen LogP contribution in [0.2, 0.25) is 0 Å². The number of Topliss-reactive ketones (excluding diaryl/α,β-unsaturated/α-hetero) is 1. The Morgan fingerprint density at radius 1 is 1.23 bits per heavy atom. The van der Waals surface area contributed by atoms with Crippen LogP contribution in [0.15, 0.2) is 12.1 Å². The lowest BCUT2D eigenvalue weighted by atomic mass is 10.1. The van der Waals surface area contributed by atoms with Gasteiger partial charge in [0.15, 0.2) is 6.61 Å². The first-order valence-electron chi connectivity index (χ1n) is 8.21. The number of ether oxygens (including phenoxy) is 1. The topological polar surface area (TPSA) is 48.3 Å². The molecule has 0 atom stereocenters. The molecular weight excluding hydrogens is 367 g/mol. The van der Waals surface area contributed by atoms with E-state index in [0.29, 0.717) is 10.6 Å². The Morgan fingerprint density at radius 2 is 1.96 bits per heavy atom. The largest absolute Gasteiger partial charge is 0.453 e. The third kappa shape index (κ3) is 3.85. The third-order valence-electron chi connectivity index (χ3n) is 4.49. The number of nitrogens with zero attached hydrogens (tertiary/aromatic N) is 1. The molecule has 1 aliphatic carbocycles. The second-order valence-corrected chi connectivity index (χ2v) is 7.53. The molecule has 26 heavy (non-hydrogen) atoms. The lowest BCUT2D eigenvalue weighted by Crippen LogP contribution is -2.20. The number of alkyl halides is 3. The molecule has 140 valence electrons. The number of aryl methyl sites for hydroxylation is 3. The summed E-state index contributed by atoms with van der Waals surface area (Å²) >= 11 is 1.38. The van der Waals surface area contributed by atoms with Gasteiger partial charge in [-0.3, -0.25) is 4.79 Å². The maximum Gasteiger partial charge on any atom is 0.406 e. The number of fused-ring (bicyclic) bond motifs is 1. The molecule has 0 radical (unpaired) electrons. The lowest BCUT2D eigenvalue weighted by Gasteiger charge is -2.12. The average molecular weight is 385 g/mol. The van der Waals surface area contributed by atoms with Crippen molar-refractivity contribution in [2.75, 3.05) is 6.61 Å². The molecule has 0 spiro atoms.